The Labute approximate surface area is 119 Å². The Bertz CT molecular complexity index is 557. The maximum Gasteiger partial charge on any atom is 0.219 e. The SMILES string of the molecule is CNC(C)c1ccnc(Oc2cc(F)cc(Br)c2)c1. The topological polar surface area (TPSA) is 34.2 Å². The molecule has 1 N–H and O–H groups in total. The van der Waals surface area contributed by atoms with Gasteiger partial charge >= 0.3 is 0 Å². The molecule has 5 heteroatoms. The van der Waals surface area contributed by atoms with E-state index in [2.05, 4.69) is 26.2 Å². The van der Waals surface area contributed by atoms with E-state index in [0.717, 1.165) is 5.56 Å². The second-order valence-electron chi connectivity index (χ2n) is 4.14. The minimum atomic E-state index is -0.357. The summed E-state index contributed by atoms with van der Waals surface area (Å²) in [5.41, 5.74) is 1.06. The largest absolute Gasteiger partial charge is 0.439 e. The zero-order chi connectivity index (χ0) is 13.8. The van der Waals surface area contributed by atoms with Crippen LogP contribution in [0.5, 0.6) is 11.6 Å². The van der Waals surface area contributed by atoms with Crippen LogP contribution in [0.1, 0.15) is 18.5 Å². The zero-order valence-electron chi connectivity index (χ0n) is 10.7. The molecular weight excluding hydrogens is 311 g/mol. The summed E-state index contributed by atoms with van der Waals surface area (Å²) in [6, 6.07) is 8.33. The van der Waals surface area contributed by atoms with Crippen molar-refractivity contribution >= 4 is 15.9 Å². The highest BCUT2D eigenvalue weighted by molar-refractivity contribution is 9.10. The summed E-state index contributed by atoms with van der Waals surface area (Å²) in [5, 5.41) is 3.14. The molecule has 1 aromatic carbocycles. The van der Waals surface area contributed by atoms with Crippen LogP contribution >= 0.6 is 15.9 Å². The fourth-order valence-electron chi connectivity index (χ4n) is 1.62. The van der Waals surface area contributed by atoms with Crippen LogP contribution in [0.25, 0.3) is 0 Å². The van der Waals surface area contributed by atoms with Gasteiger partial charge in [-0.2, -0.15) is 0 Å². The summed E-state index contributed by atoms with van der Waals surface area (Å²) >= 11 is 3.22. The van der Waals surface area contributed by atoms with Gasteiger partial charge in [0.1, 0.15) is 11.6 Å². The molecule has 1 unspecified atom stereocenters. The molecule has 0 radical (unpaired) electrons. The first kappa shape index (κ1) is 14.0. The van der Waals surface area contributed by atoms with Gasteiger partial charge in [0.2, 0.25) is 5.88 Å². The Kier molecular flexibility index (Phi) is 4.50. The monoisotopic (exact) mass is 324 g/mol. The van der Waals surface area contributed by atoms with E-state index in [1.807, 2.05) is 26.1 Å². The minimum Gasteiger partial charge on any atom is -0.439 e. The maximum absolute atomic E-state index is 13.3. The van der Waals surface area contributed by atoms with Crippen molar-refractivity contribution in [3.63, 3.8) is 0 Å². The quantitative estimate of drug-likeness (QED) is 0.921. The van der Waals surface area contributed by atoms with Gasteiger partial charge in [-0.05, 0) is 37.7 Å². The summed E-state index contributed by atoms with van der Waals surface area (Å²) in [7, 11) is 1.88. The van der Waals surface area contributed by atoms with E-state index < -0.39 is 0 Å². The van der Waals surface area contributed by atoms with Crippen molar-refractivity contribution in [2.75, 3.05) is 7.05 Å². The van der Waals surface area contributed by atoms with Gasteiger partial charge in [0, 0.05) is 28.8 Å². The van der Waals surface area contributed by atoms with Crippen LogP contribution in [0.3, 0.4) is 0 Å². The lowest BCUT2D eigenvalue weighted by atomic mass is 10.1. The molecule has 0 saturated carbocycles. The van der Waals surface area contributed by atoms with Gasteiger partial charge in [0.25, 0.3) is 0 Å². The lowest BCUT2D eigenvalue weighted by molar-refractivity contribution is 0.455. The van der Waals surface area contributed by atoms with Crippen LogP contribution in [0, 0.1) is 5.82 Å². The third-order valence-corrected chi connectivity index (χ3v) is 3.21. The number of nitrogens with zero attached hydrogens (tertiary/aromatic N) is 1. The fraction of sp³-hybridized carbons (Fsp3) is 0.214. The Morgan fingerprint density at radius 2 is 2.11 bits per heavy atom. The van der Waals surface area contributed by atoms with E-state index in [0.29, 0.717) is 16.1 Å². The van der Waals surface area contributed by atoms with Crippen molar-refractivity contribution in [1.82, 2.24) is 10.3 Å². The van der Waals surface area contributed by atoms with Gasteiger partial charge in [0.15, 0.2) is 0 Å². The van der Waals surface area contributed by atoms with Crippen LogP contribution in [-0.4, -0.2) is 12.0 Å². The molecule has 0 bridgehead atoms. The van der Waals surface area contributed by atoms with Crippen molar-refractivity contribution in [2.45, 2.75) is 13.0 Å². The van der Waals surface area contributed by atoms with E-state index in [4.69, 9.17) is 4.74 Å². The molecule has 0 saturated heterocycles. The molecule has 0 aliphatic heterocycles. The number of hydrogen-bond donors (Lipinski definition) is 1. The van der Waals surface area contributed by atoms with E-state index >= 15 is 0 Å². The van der Waals surface area contributed by atoms with Gasteiger partial charge < -0.3 is 10.1 Å². The average molecular weight is 325 g/mol. The summed E-state index contributed by atoms with van der Waals surface area (Å²) in [6.45, 7) is 2.04. The lowest BCUT2D eigenvalue weighted by Crippen LogP contribution is -2.12. The van der Waals surface area contributed by atoms with Crippen molar-refractivity contribution in [2.24, 2.45) is 0 Å². The molecular formula is C14H14BrFN2O. The van der Waals surface area contributed by atoms with Crippen molar-refractivity contribution in [1.29, 1.82) is 0 Å². The molecule has 19 heavy (non-hydrogen) atoms. The van der Waals surface area contributed by atoms with Gasteiger partial charge in [-0.15, -0.1) is 0 Å². The predicted octanol–water partition coefficient (Wildman–Crippen LogP) is 4.06. The van der Waals surface area contributed by atoms with Gasteiger partial charge in [-0.3, -0.25) is 0 Å². The van der Waals surface area contributed by atoms with Gasteiger partial charge in [0.05, 0.1) is 0 Å². The molecule has 0 spiro atoms. The molecule has 2 aromatic rings. The Morgan fingerprint density at radius 3 is 2.79 bits per heavy atom. The van der Waals surface area contributed by atoms with E-state index in [9.17, 15) is 4.39 Å². The molecule has 0 amide bonds. The van der Waals surface area contributed by atoms with Crippen LogP contribution in [0.4, 0.5) is 4.39 Å². The number of pyridine rings is 1. The first-order valence-electron chi connectivity index (χ1n) is 5.85. The molecule has 2 rings (SSSR count). The fourth-order valence-corrected chi connectivity index (χ4v) is 2.07. The van der Waals surface area contributed by atoms with Gasteiger partial charge in [-0.1, -0.05) is 15.9 Å². The first-order chi connectivity index (χ1) is 9.08. The normalized spacial score (nSPS) is 12.2. The smallest absolute Gasteiger partial charge is 0.219 e. The van der Waals surface area contributed by atoms with Crippen LogP contribution < -0.4 is 10.1 Å². The number of nitrogens with one attached hydrogen (secondary N) is 1. The highest BCUT2D eigenvalue weighted by atomic mass is 79.9. The van der Waals surface area contributed by atoms with Crippen molar-refractivity contribution in [3.05, 3.63) is 52.4 Å². The number of halogens is 2. The Morgan fingerprint density at radius 1 is 1.32 bits per heavy atom. The van der Waals surface area contributed by atoms with E-state index in [1.54, 1.807) is 12.3 Å². The number of aromatic nitrogens is 1. The minimum absolute atomic E-state index is 0.199. The number of benzene rings is 1. The predicted molar refractivity (Wildman–Crippen MR) is 75.9 cm³/mol. The molecule has 0 fully saturated rings. The number of rotatable bonds is 4. The highest BCUT2D eigenvalue weighted by Gasteiger charge is 2.06. The third-order valence-electron chi connectivity index (χ3n) is 2.75. The second kappa shape index (κ2) is 6.12. The van der Waals surface area contributed by atoms with Crippen molar-refractivity contribution in [3.8, 4) is 11.6 Å². The molecule has 100 valence electrons. The second-order valence-corrected chi connectivity index (χ2v) is 5.06. The number of ether oxygens (including phenoxy) is 1. The maximum atomic E-state index is 13.3. The molecule has 3 nitrogen and oxygen atoms in total. The van der Waals surface area contributed by atoms with Crippen LogP contribution in [0.2, 0.25) is 0 Å². The molecule has 0 aliphatic carbocycles. The van der Waals surface area contributed by atoms with Gasteiger partial charge in [-0.25, -0.2) is 9.37 Å². The Balaban J connectivity index is 2.23. The van der Waals surface area contributed by atoms with E-state index in [-0.39, 0.29) is 11.9 Å². The lowest BCUT2D eigenvalue weighted by Gasteiger charge is -2.12. The van der Waals surface area contributed by atoms with Crippen molar-refractivity contribution < 1.29 is 9.13 Å². The summed E-state index contributed by atoms with van der Waals surface area (Å²) < 4.78 is 19.4. The van der Waals surface area contributed by atoms with E-state index in [1.165, 1.54) is 12.1 Å². The average Bonchev–Trinajstić information content (AvgIpc) is 2.37. The molecule has 1 heterocycles. The van der Waals surface area contributed by atoms with Crippen LogP contribution in [-0.2, 0) is 0 Å². The zero-order valence-corrected chi connectivity index (χ0v) is 12.2. The summed E-state index contributed by atoms with van der Waals surface area (Å²) in [6.07, 6.45) is 1.67. The third kappa shape index (κ3) is 3.75. The summed E-state index contributed by atoms with van der Waals surface area (Å²) in [5.74, 6) is 0.495. The van der Waals surface area contributed by atoms with Crippen LogP contribution in [0.15, 0.2) is 41.0 Å². The summed E-state index contributed by atoms with van der Waals surface area (Å²) in [4.78, 5) is 4.12. The number of hydrogen-bond acceptors (Lipinski definition) is 3. The molecule has 1 atom stereocenters. The Hall–Kier alpha value is -1.46. The first-order valence-corrected chi connectivity index (χ1v) is 6.65. The molecule has 0 aliphatic rings. The highest BCUT2D eigenvalue weighted by Crippen LogP contribution is 2.26. The standard InChI is InChI=1S/C14H14BrFN2O/c1-9(17-2)10-3-4-18-14(5-10)19-13-7-11(15)6-12(16)8-13/h3-9,17H,1-2H3. The molecule has 1 aromatic heterocycles.